The van der Waals surface area contributed by atoms with Crippen molar-refractivity contribution in [1.82, 2.24) is 4.98 Å². The molecule has 0 aliphatic carbocycles. The summed E-state index contributed by atoms with van der Waals surface area (Å²) in [4.78, 5) is 14.4. The number of rotatable bonds is 4. The molecule has 0 bridgehead atoms. The number of carboxylic acid groups (broad SMARTS) is 1. The van der Waals surface area contributed by atoms with E-state index in [9.17, 15) is 4.79 Å². The van der Waals surface area contributed by atoms with Crippen LogP contribution in [0.25, 0.3) is 0 Å². The third-order valence-corrected chi connectivity index (χ3v) is 2.32. The van der Waals surface area contributed by atoms with Gasteiger partial charge in [-0.05, 0) is 12.1 Å². The molecule has 0 saturated heterocycles. The van der Waals surface area contributed by atoms with E-state index < -0.39 is 5.97 Å². The molecule has 7 nitrogen and oxygen atoms in total. The molecule has 0 aliphatic heterocycles. The van der Waals surface area contributed by atoms with Gasteiger partial charge in [-0.2, -0.15) is 10.2 Å². The lowest BCUT2D eigenvalue weighted by Gasteiger charge is -2.09. The number of hydrogen-bond acceptors (Lipinski definition) is 6. The van der Waals surface area contributed by atoms with E-state index in [1.165, 1.54) is 7.11 Å². The number of nitrogens with zero attached hydrogens (tertiary/aromatic N) is 2. The number of anilines is 2. The Morgan fingerprint density at radius 1 is 1.58 bits per heavy atom. The van der Waals surface area contributed by atoms with Crippen LogP contribution in [0.2, 0.25) is 0 Å². The van der Waals surface area contributed by atoms with Crippen molar-refractivity contribution >= 4 is 17.7 Å². The Hall–Kier alpha value is -3.01. The smallest absolute Gasteiger partial charge is 0.357 e. The summed E-state index contributed by atoms with van der Waals surface area (Å²) in [7, 11) is 1.46. The Balaban J connectivity index is 2.37. The van der Waals surface area contributed by atoms with Crippen LogP contribution in [-0.4, -0.2) is 23.2 Å². The number of para-hydroxylation sites is 1. The van der Waals surface area contributed by atoms with Crippen LogP contribution in [0.5, 0.6) is 5.75 Å². The average molecular weight is 259 g/mol. The molecule has 0 aliphatic rings. The quantitative estimate of drug-likeness (QED) is 0.864. The number of ether oxygens (including phenoxy) is 1. The molecule has 0 radical (unpaired) electrons. The van der Waals surface area contributed by atoms with E-state index in [-0.39, 0.29) is 11.7 Å². The zero-order chi connectivity index (χ0) is 13.8. The maximum Gasteiger partial charge on any atom is 0.357 e. The van der Waals surface area contributed by atoms with Crippen LogP contribution in [0.15, 0.2) is 28.9 Å². The van der Waals surface area contributed by atoms with Gasteiger partial charge in [0, 0.05) is 0 Å². The lowest BCUT2D eigenvalue weighted by Crippen LogP contribution is -1.99. The number of methoxy groups -OCH3 is 1. The first-order valence-electron chi connectivity index (χ1n) is 5.18. The Morgan fingerprint density at radius 3 is 2.95 bits per heavy atom. The van der Waals surface area contributed by atoms with Gasteiger partial charge in [0.1, 0.15) is 23.8 Å². The number of carbonyl (C=O) groups is 1. The van der Waals surface area contributed by atoms with Crippen LogP contribution >= 0.6 is 0 Å². The van der Waals surface area contributed by atoms with Gasteiger partial charge in [0.05, 0.1) is 12.7 Å². The van der Waals surface area contributed by atoms with Gasteiger partial charge in [0.25, 0.3) is 6.01 Å². The SMILES string of the molecule is COc1cccc(C#N)c1Nc1nc(C(=O)O)co1. The van der Waals surface area contributed by atoms with Crippen LogP contribution in [0.4, 0.5) is 11.7 Å². The summed E-state index contributed by atoms with van der Waals surface area (Å²) >= 11 is 0. The summed E-state index contributed by atoms with van der Waals surface area (Å²) < 4.78 is 10.1. The highest BCUT2D eigenvalue weighted by Gasteiger charge is 2.14. The molecule has 0 fully saturated rings. The Bertz CT molecular complexity index is 657. The van der Waals surface area contributed by atoms with Crippen LogP contribution in [0, 0.1) is 11.3 Å². The zero-order valence-corrected chi connectivity index (χ0v) is 9.88. The molecular weight excluding hydrogens is 250 g/mol. The van der Waals surface area contributed by atoms with Crippen LogP contribution in [-0.2, 0) is 0 Å². The molecule has 0 unspecified atom stereocenters. The number of aromatic nitrogens is 1. The van der Waals surface area contributed by atoms with Crippen molar-refractivity contribution in [2.45, 2.75) is 0 Å². The minimum absolute atomic E-state index is 0.0293. The van der Waals surface area contributed by atoms with Gasteiger partial charge in [0.2, 0.25) is 0 Å². The third-order valence-electron chi connectivity index (χ3n) is 2.32. The number of nitrogens with one attached hydrogen (secondary N) is 1. The number of benzene rings is 1. The predicted molar refractivity (Wildman–Crippen MR) is 64.5 cm³/mol. The van der Waals surface area contributed by atoms with Crippen LogP contribution in [0.3, 0.4) is 0 Å². The summed E-state index contributed by atoms with van der Waals surface area (Å²) in [5.41, 5.74) is 0.469. The molecule has 1 aromatic heterocycles. The molecule has 2 N–H and O–H groups in total. The van der Waals surface area contributed by atoms with E-state index in [1.807, 2.05) is 6.07 Å². The van der Waals surface area contributed by atoms with Gasteiger partial charge < -0.3 is 19.6 Å². The predicted octanol–water partition coefficient (Wildman–Crippen LogP) is 2.00. The van der Waals surface area contributed by atoms with E-state index in [2.05, 4.69) is 10.3 Å². The summed E-state index contributed by atoms with van der Waals surface area (Å²) in [5.74, 6) is -0.772. The molecule has 1 aromatic carbocycles. The fourth-order valence-corrected chi connectivity index (χ4v) is 1.46. The third kappa shape index (κ3) is 2.47. The summed E-state index contributed by atoms with van der Waals surface area (Å²) in [6, 6.07) is 6.88. The molecule has 2 aromatic rings. The maximum absolute atomic E-state index is 10.7. The highest BCUT2D eigenvalue weighted by molar-refractivity contribution is 5.85. The van der Waals surface area contributed by atoms with Crippen LogP contribution < -0.4 is 10.1 Å². The molecular formula is C12H9N3O4. The highest BCUT2D eigenvalue weighted by atomic mass is 16.5. The topological polar surface area (TPSA) is 108 Å². The fraction of sp³-hybridized carbons (Fsp3) is 0.0833. The average Bonchev–Trinajstić information content (AvgIpc) is 2.87. The molecule has 0 spiro atoms. The molecule has 1 heterocycles. The first-order valence-corrected chi connectivity index (χ1v) is 5.18. The van der Waals surface area contributed by atoms with Gasteiger partial charge >= 0.3 is 5.97 Å². The van der Waals surface area contributed by atoms with E-state index >= 15 is 0 Å². The number of hydrogen-bond donors (Lipinski definition) is 2. The Labute approximate surface area is 108 Å². The van der Waals surface area contributed by atoms with Crippen molar-refractivity contribution in [2.24, 2.45) is 0 Å². The first-order chi connectivity index (χ1) is 9.15. The van der Waals surface area contributed by atoms with E-state index in [4.69, 9.17) is 19.5 Å². The van der Waals surface area contributed by atoms with Gasteiger partial charge in [-0.1, -0.05) is 6.07 Å². The number of nitriles is 1. The van der Waals surface area contributed by atoms with Crippen LogP contribution in [0.1, 0.15) is 16.1 Å². The second-order valence-corrected chi connectivity index (χ2v) is 3.46. The van der Waals surface area contributed by atoms with Crippen molar-refractivity contribution in [3.05, 3.63) is 35.7 Å². The van der Waals surface area contributed by atoms with Gasteiger partial charge in [-0.25, -0.2) is 4.79 Å². The molecule has 0 atom stereocenters. The molecule has 2 rings (SSSR count). The lowest BCUT2D eigenvalue weighted by atomic mass is 10.2. The first kappa shape index (κ1) is 12.4. The Morgan fingerprint density at radius 2 is 2.37 bits per heavy atom. The lowest BCUT2D eigenvalue weighted by molar-refractivity contribution is 0.0690. The van der Waals surface area contributed by atoms with Gasteiger partial charge in [-0.15, -0.1) is 0 Å². The second kappa shape index (κ2) is 5.10. The largest absolute Gasteiger partial charge is 0.495 e. The van der Waals surface area contributed by atoms with Crippen molar-refractivity contribution in [3.8, 4) is 11.8 Å². The monoisotopic (exact) mass is 259 g/mol. The number of aromatic carboxylic acids is 1. The number of carboxylic acids is 1. The standard InChI is InChI=1S/C12H9N3O4/c1-18-9-4-2-3-7(5-13)10(9)15-12-14-8(6-19-12)11(16)17/h2-4,6H,1H3,(H,14,15)(H,16,17). The second-order valence-electron chi connectivity index (χ2n) is 3.46. The summed E-state index contributed by atoms with van der Waals surface area (Å²) in [6.45, 7) is 0. The maximum atomic E-state index is 10.7. The molecule has 0 saturated carbocycles. The minimum Gasteiger partial charge on any atom is -0.495 e. The minimum atomic E-state index is -1.20. The Kier molecular flexibility index (Phi) is 3.34. The van der Waals surface area contributed by atoms with Gasteiger partial charge in [-0.3, -0.25) is 0 Å². The normalized spacial score (nSPS) is 9.68. The summed E-state index contributed by atoms with van der Waals surface area (Å²) in [5, 5.41) is 20.5. The van der Waals surface area contributed by atoms with E-state index in [1.54, 1.807) is 18.2 Å². The van der Waals surface area contributed by atoms with E-state index in [0.717, 1.165) is 6.26 Å². The van der Waals surface area contributed by atoms with Crippen molar-refractivity contribution in [2.75, 3.05) is 12.4 Å². The summed E-state index contributed by atoms with van der Waals surface area (Å²) in [6.07, 6.45) is 1.01. The fourth-order valence-electron chi connectivity index (χ4n) is 1.46. The number of oxazole rings is 1. The van der Waals surface area contributed by atoms with Crippen molar-refractivity contribution in [1.29, 1.82) is 5.26 Å². The molecule has 7 heteroatoms. The van der Waals surface area contributed by atoms with Crippen molar-refractivity contribution < 1.29 is 19.1 Å². The zero-order valence-electron chi connectivity index (χ0n) is 9.88. The van der Waals surface area contributed by atoms with Crippen molar-refractivity contribution in [3.63, 3.8) is 0 Å². The molecule has 0 amide bonds. The van der Waals surface area contributed by atoms with Gasteiger partial charge in [0.15, 0.2) is 5.69 Å². The molecule has 96 valence electrons. The molecule has 19 heavy (non-hydrogen) atoms. The highest BCUT2D eigenvalue weighted by Crippen LogP contribution is 2.30. The van der Waals surface area contributed by atoms with E-state index in [0.29, 0.717) is 17.0 Å².